The van der Waals surface area contributed by atoms with Crippen molar-refractivity contribution in [1.82, 2.24) is 0 Å². The van der Waals surface area contributed by atoms with Gasteiger partial charge in [-0.2, -0.15) is 0 Å². The van der Waals surface area contributed by atoms with E-state index in [4.69, 9.17) is 18.9 Å². The van der Waals surface area contributed by atoms with Gasteiger partial charge in [-0.15, -0.1) is 0 Å². The Labute approximate surface area is 84.3 Å². The fourth-order valence-electron chi connectivity index (χ4n) is 0.950. The Morgan fingerprint density at radius 3 is 1.14 bits per heavy atom. The third-order valence-electron chi connectivity index (χ3n) is 2.38. The second-order valence-electron chi connectivity index (χ2n) is 3.04. The third kappa shape index (κ3) is 2.30. The van der Waals surface area contributed by atoms with Crippen LogP contribution in [0.2, 0.25) is 0 Å². The molecular weight excluding hydrogens is 188 g/mol. The number of hydrogen-bond donors (Lipinski definition) is 0. The Hall–Kier alpha value is -0.490. The van der Waals surface area contributed by atoms with E-state index in [1.807, 2.05) is 0 Å². The van der Waals surface area contributed by atoms with Crippen LogP contribution < -0.4 is 0 Å². The molecule has 5 nitrogen and oxygen atoms in total. The molecular formula is C9H18O5. The minimum Gasteiger partial charge on any atom is -0.347 e. The normalized spacial score (nSPS) is 13.0. The number of ether oxygens (including phenoxy) is 4. The van der Waals surface area contributed by atoms with Crippen LogP contribution in [-0.2, 0) is 23.7 Å². The zero-order chi connectivity index (χ0) is 11.4. The van der Waals surface area contributed by atoms with E-state index in [0.717, 1.165) is 0 Å². The van der Waals surface area contributed by atoms with Crippen molar-refractivity contribution >= 4 is 5.78 Å². The predicted octanol–water partition coefficient (Wildman–Crippen LogP) is 0.573. The van der Waals surface area contributed by atoms with Gasteiger partial charge in [-0.1, -0.05) is 0 Å². The lowest BCUT2D eigenvalue weighted by molar-refractivity contribution is -0.248. The summed E-state index contributed by atoms with van der Waals surface area (Å²) in [5.74, 6) is -3.15. The molecule has 0 spiro atoms. The summed E-state index contributed by atoms with van der Waals surface area (Å²) in [5, 5.41) is 0. The maximum atomic E-state index is 11.9. The summed E-state index contributed by atoms with van der Waals surface area (Å²) in [4.78, 5) is 11.9. The fourth-order valence-corrected chi connectivity index (χ4v) is 0.950. The van der Waals surface area contributed by atoms with E-state index in [2.05, 4.69) is 0 Å². The maximum Gasteiger partial charge on any atom is 0.250 e. The molecule has 0 N–H and O–H groups in total. The number of methoxy groups -OCH3 is 4. The van der Waals surface area contributed by atoms with Crippen molar-refractivity contribution in [3.05, 3.63) is 0 Å². The maximum absolute atomic E-state index is 11.9. The number of Topliss-reactive ketones (excluding diaryl/α,β-unsaturated/α-hetero) is 1. The van der Waals surface area contributed by atoms with E-state index in [-0.39, 0.29) is 0 Å². The Bertz CT molecular complexity index is 173. The van der Waals surface area contributed by atoms with Gasteiger partial charge in [-0.3, -0.25) is 4.79 Å². The standard InChI is InChI=1S/C9H18O5/c1-8(11-3,12-4)7(10)9(2,13-5)14-6/h1-6H3. The minimum absolute atomic E-state index is 0.431. The molecule has 14 heavy (non-hydrogen) atoms. The smallest absolute Gasteiger partial charge is 0.250 e. The van der Waals surface area contributed by atoms with Crippen molar-refractivity contribution in [2.24, 2.45) is 0 Å². The van der Waals surface area contributed by atoms with E-state index < -0.39 is 17.4 Å². The van der Waals surface area contributed by atoms with Gasteiger partial charge >= 0.3 is 0 Å². The van der Waals surface area contributed by atoms with Gasteiger partial charge in [0.2, 0.25) is 17.4 Å². The summed E-state index contributed by atoms with van der Waals surface area (Å²) < 4.78 is 19.9. The highest BCUT2D eigenvalue weighted by atomic mass is 16.7. The highest BCUT2D eigenvalue weighted by molar-refractivity contribution is 5.91. The molecule has 0 saturated heterocycles. The lowest BCUT2D eigenvalue weighted by Gasteiger charge is -2.33. The van der Waals surface area contributed by atoms with Crippen LogP contribution in [0.4, 0.5) is 0 Å². The van der Waals surface area contributed by atoms with Crippen LogP contribution in [0.1, 0.15) is 13.8 Å². The summed E-state index contributed by atoms with van der Waals surface area (Å²) in [6.45, 7) is 3.01. The van der Waals surface area contributed by atoms with Crippen LogP contribution in [-0.4, -0.2) is 45.8 Å². The monoisotopic (exact) mass is 206 g/mol. The topological polar surface area (TPSA) is 54.0 Å². The molecule has 0 atom stereocenters. The van der Waals surface area contributed by atoms with Crippen molar-refractivity contribution in [1.29, 1.82) is 0 Å². The summed E-state index contributed by atoms with van der Waals surface area (Å²) in [7, 11) is 5.53. The van der Waals surface area contributed by atoms with Crippen LogP contribution >= 0.6 is 0 Å². The van der Waals surface area contributed by atoms with Crippen LogP contribution in [0, 0.1) is 0 Å². The first-order valence-electron chi connectivity index (χ1n) is 4.15. The molecule has 84 valence electrons. The van der Waals surface area contributed by atoms with Gasteiger partial charge in [0.1, 0.15) is 0 Å². The summed E-state index contributed by atoms with van der Waals surface area (Å²) in [6.07, 6.45) is 0. The van der Waals surface area contributed by atoms with Crippen LogP contribution in [0.5, 0.6) is 0 Å². The molecule has 0 aliphatic rings. The molecule has 0 amide bonds. The van der Waals surface area contributed by atoms with E-state index >= 15 is 0 Å². The number of carbonyl (C=O) groups is 1. The molecule has 0 rings (SSSR count). The van der Waals surface area contributed by atoms with Gasteiger partial charge < -0.3 is 18.9 Å². The Morgan fingerprint density at radius 2 is 1.00 bits per heavy atom. The van der Waals surface area contributed by atoms with Crippen molar-refractivity contribution < 1.29 is 23.7 Å². The number of hydrogen-bond acceptors (Lipinski definition) is 5. The number of ketones is 1. The largest absolute Gasteiger partial charge is 0.347 e. The summed E-state index contributed by atoms with van der Waals surface area (Å²) >= 11 is 0. The van der Waals surface area contributed by atoms with Gasteiger partial charge in [-0.05, 0) is 13.8 Å². The average molecular weight is 206 g/mol. The highest BCUT2D eigenvalue weighted by Gasteiger charge is 2.47. The molecule has 0 aliphatic carbocycles. The lowest BCUT2D eigenvalue weighted by Crippen LogP contribution is -2.53. The predicted molar refractivity (Wildman–Crippen MR) is 49.9 cm³/mol. The van der Waals surface area contributed by atoms with E-state index in [0.29, 0.717) is 0 Å². The molecule has 0 aliphatic heterocycles. The van der Waals surface area contributed by atoms with E-state index in [1.54, 1.807) is 0 Å². The average Bonchev–Trinajstić information content (AvgIpc) is 2.25. The molecule has 0 bridgehead atoms. The molecule has 5 heteroatoms. The third-order valence-corrected chi connectivity index (χ3v) is 2.38. The fraction of sp³-hybridized carbons (Fsp3) is 0.889. The Kier molecular flexibility index (Phi) is 4.67. The Morgan fingerprint density at radius 1 is 0.786 bits per heavy atom. The van der Waals surface area contributed by atoms with Crippen molar-refractivity contribution in [3.63, 3.8) is 0 Å². The summed E-state index contributed by atoms with van der Waals surface area (Å²) in [5.41, 5.74) is 0. The van der Waals surface area contributed by atoms with Gasteiger partial charge in [0.05, 0.1) is 0 Å². The molecule has 0 aromatic heterocycles. The molecule has 0 saturated carbocycles. The zero-order valence-corrected chi connectivity index (χ0v) is 9.54. The van der Waals surface area contributed by atoms with Crippen LogP contribution in [0.15, 0.2) is 0 Å². The van der Waals surface area contributed by atoms with Gasteiger partial charge in [0.15, 0.2) is 0 Å². The van der Waals surface area contributed by atoms with Crippen molar-refractivity contribution in [3.8, 4) is 0 Å². The molecule has 0 aromatic rings. The number of rotatable bonds is 6. The zero-order valence-electron chi connectivity index (χ0n) is 9.54. The molecule has 0 radical (unpaired) electrons. The first-order valence-corrected chi connectivity index (χ1v) is 4.15. The molecule has 0 aromatic carbocycles. The van der Waals surface area contributed by atoms with E-state index in [1.165, 1.54) is 42.3 Å². The second kappa shape index (κ2) is 4.84. The molecule has 0 unspecified atom stereocenters. The van der Waals surface area contributed by atoms with E-state index in [9.17, 15) is 4.79 Å². The second-order valence-corrected chi connectivity index (χ2v) is 3.04. The minimum atomic E-state index is -1.36. The van der Waals surface area contributed by atoms with Gasteiger partial charge in [0.25, 0.3) is 0 Å². The van der Waals surface area contributed by atoms with Crippen molar-refractivity contribution in [2.75, 3.05) is 28.4 Å². The lowest BCUT2D eigenvalue weighted by atomic mass is 10.1. The number of carbonyl (C=O) groups excluding carboxylic acids is 1. The SMILES string of the molecule is COC(C)(OC)C(=O)C(C)(OC)OC. The van der Waals surface area contributed by atoms with Gasteiger partial charge in [0, 0.05) is 28.4 Å². The van der Waals surface area contributed by atoms with Crippen molar-refractivity contribution in [2.45, 2.75) is 25.4 Å². The molecule has 0 heterocycles. The molecule has 0 fully saturated rings. The first-order chi connectivity index (χ1) is 6.40. The highest BCUT2D eigenvalue weighted by Crippen LogP contribution is 2.23. The first kappa shape index (κ1) is 13.5. The Balaban J connectivity index is 4.90. The van der Waals surface area contributed by atoms with Gasteiger partial charge in [-0.25, -0.2) is 0 Å². The van der Waals surface area contributed by atoms with Crippen LogP contribution in [0.3, 0.4) is 0 Å². The quantitative estimate of drug-likeness (QED) is 0.595. The van der Waals surface area contributed by atoms with Crippen LogP contribution in [0.25, 0.3) is 0 Å². The summed E-state index contributed by atoms with van der Waals surface area (Å²) in [6, 6.07) is 0.